The van der Waals surface area contributed by atoms with Crippen molar-refractivity contribution in [2.24, 2.45) is 0 Å². The van der Waals surface area contributed by atoms with E-state index < -0.39 is 35.5 Å². The molecule has 2 atom stereocenters. The van der Waals surface area contributed by atoms with Crippen LogP contribution in [0.15, 0.2) is 30.5 Å². The number of rotatable bonds is 6. The second-order valence-electron chi connectivity index (χ2n) is 8.70. The molecule has 2 aliphatic rings. The van der Waals surface area contributed by atoms with Gasteiger partial charge < -0.3 is 30.9 Å². The second kappa shape index (κ2) is 13.0. The summed E-state index contributed by atoms with van der Waals surface area (Å²) in [4.78, 5) is 17.9. The Morgan fingerprint density at radius 2 is 1.72 bits per heavy atom. The molecule has 36 heavy (non-hydrogen) atoms. The Balaban J connectivity index is 0.00000109. The summed E-state index contributed by atoms with van der Waals surface area (Å²) in [5.41, 5.74) is -0.707. The van der Waals surface area contributed by atoms with Crippen LogP contribution >= 0.6 is 0 Å². The van der Waals surface area contributed by atoms with Crippen molar-refractivity contribution in [3.8, 4) is 0 Å². The topological polar surface area (TPSA) is 118 Å². The maximum absolute atomic E-state index is 14.4. The molecule has 1 saturated carbocycles. The largest absolute Gasteiger partial charge is 0.390 e. The first-order valence-corrected chi connectivity index (χ1v) is 12.4. The van der Waals surface area contributed by atoms with Crippen LogP contribution in [-0.4, -0.2) is 74.6 Å². The number of likely N-dealkylation sites (tertiary alicyclic amines) is 1. The van der Waals surface area contributed by atoms with E-state index in [0.717, 1.165) is 6.20 Å². The molecule has 0 bridgehead atoms. The number of amides is 1. The molecule has 10 heteroatoms. The van der Waals surface area contributed by atoms with Gasteiger partial charge in [-0.1, -0.05) is 33.8 Å². The number of carbonyl (C=O) groups is 1. The molecule has 1 saturated heterocycles. The van der Waals surface area contributed by atoms with Crippen LogP contribution in [0.4, 0.5) is 20.2 Å². The fraction of sp³-hybridized carbons (Fsp3) is 0.538. The molecule has 1 amide bonds. The van der Waals surface area contributed by atoms with E-state index in [1.807, 2.05) is 27.7 Å². The lowest BCUT2D eigenvalue weighted by Gasteiger charge is -2.47. The number of pyridine rings is 1. The molecule has 8 nitrogen and oxygen atoms in total. The summed E-state index contributed by atoms with van der Waals surface area (Å²) in [6, 6.07) is 5.63. The molecule has 1 aromatic heterocycles. The maximum atomic E-state index is 14.4. The predicted molar refractivity (Wildman–Crippen MR) is 135 cm³/mol. The number of carbonyl (C=O) groups excluding carboxylic acids is 1. The lowest BCUT2D eigenvalue weighted by atomic mass is 9.92. The van der Waals surface area contributed by atoms with Crippen molar-refractivity contribution in [3.05, 3.63) is 53.4 Å². The van der Waals surface area contributed by atoms with E-state index in [2.05, 4.69) is 15.6 Å². The highest BCUT2D eigenvalue weighted by atomic mass is 19.1. The molecule has 200 valence electrons. The molecule has 0 spiro atoms. The minimum absolute atomic E-state index is 0.0156. The van der Waals surface area contributed by atoms with Gasteiger partial charge in [0.1, 0.15) is 17.1 Å². The van der Waals surface area contributed by atoms with Gasteiger partial charge in [-0.25, -0.2) is 9.37 Å². The number of benzene rings is 1. The minimum Gasteiger partial charge on any atom is -0.390 e. The van der Waals surface area contributed by atoms with Crippen LogP contribution in [-0.2, 0) is 0 Å². The van der Waals surface area contributed by atoms with Crippen LogP contribution in [0.2, 0.25) is 0 Å². The molecule has 1 aliphatic carbocycles. The molecule has 2 aromatic rings. The molecule has 4 rings (SSSR count). The van der Waals surface area contributed by atoms with E-state index in [4.69, 9.17) is 0 Å². The predicted octanol–water partition coefficient (Wildman–Crippen LogP) is 3.12. The summed E-state index contributed by atoms with van der Waals surface area (Å²) < 4.78 is 28.7. The number of aliphatic hydroxyl groups is 3. The zero-order valence-corrected chi connectivity index (χ0v) is 21.6. The van der Waals surface area contributed by atoms with Gasteiger partial charge in [-0.15, -0.1) is 0 Å². The standard InChI is InChI=1S/C22H26F2N4O4.2C2H6/c1-12-2-3-16(15(23)6-12)27-19-14(4-5-25-20(19)24)21(31)28-10-22(32,11-28)9-26-13-7-17(29)18(30)8-13;2*1-2/h2-6,13,17-18,26-27,29-30,32H,7-11H2,1H3;2*1-2H3. The summed E-state index contributed by atoms with van der Waals surface area (Å²) in [6.45, 7) is 9.96. The molecular formula is C26H38F2N4O4. The van der Waals surface area contributed by atoms with Crippen molar-refractivity contribution in [1.82, 2.24) is 15.2 Å². The van der Waals surface area contributed by atoms with Crippen LogP contribution in [0.5, 0.6) is 0 Å². The summed E-state index contributed by atoms with van der Waals surface area (Å²) in [6.07, 6.45) is 0.366. The van der Waals surface area contributed by atoms with Gasteiger partial charge in [0.25, 0.3) is 5.91 Å². The van der Waals surface area contributed by atoms with Crippen molar-refractivity contribution in [3.63, 3.8) is 0 Å². The van der Waals surface area contributed by atoms with E-state index >= 15 is 0 Å². The Hall–Kier alpha value is -2.66. The lowest BCUT2D eigenvalue weighted by Crippen LogP contribution is -2.67. The number of β-amino-alcohol motifs (C(OH)–C–C–N with tert-alkyl or cyclic N) is 1. The summed E-state index contributed by atoms with van der Waals surface area (Å²) in [5.74, 6) is -2.04. The van der Waals surface area contributed by atoms with Crippen molar-refractivity contribution in [2.75, 3.05) is 25.0 Å². The number of aliphatic hydroxyl groups excluding tert-OH is 2. The van der Waals surface area contributed by atoms with Gasteiger partial charge in [-0.05, 0) is 43.5 Å². The second-order valence-corrected chi connectivity index (χ2v) is 8.70. The number of nitrogens with zero attached hydrogens (tertiary/aromatic N) is 2. The Kier molecular flexibility index (Phi) is 10.7. The van der Waals surface area contributed by atoms with Gasteiger partial charge in [0, 0.05) is 18.8 Å². The molecule has 5 N–H and O–H groups in total. The van der Waals surface area contributed by atoms with Crippen molar-refractivity contribution >= 4 is 17.3 Å². The molecule has 2 unspecified atom stereocenters. The molecular weight excluding hydrogens is 470 g/mol. The fourth-order valence-electron chi connectivity index (χ4n) is 4.17. The highest BCUT2D eigenvalue weighted by Crippen LogP contribution is 2.30. The van der Waals surface area contributed by atoms with Crippen molar-refractivity contribution < 1.29 is 28.9 Å². The number of aryl methyl sites for hydroxylation is 1. The average Bonchev–Trinajstić information content (AvgIpc) is 3.18. The normalized spacial score (nSPS) is 21.9. The smallest absolute Gasteiger partial charge is 0.256 e. The Labute approximate surface area is 211 Å². The highest BCUT2D eigenvalue weighted by Gasteiger charge is 2.45. The van der Waals surface area contributed by atoms with Crippen molar-refractivity contribution in [1.29, 1.82) is 0 Å². The molecule has 1 aliphatic heterocycles. The minimum atomic E-state index is -1.17. The highest BCUT2D eigenvalue weighted by molar-refractivity contribution is 6.00. The number of anilines is 2. The first-order valence-electron chi connectivity index (χ1n) is 12.4. The molecule has 2 fully saturated rings. The van der Waals surface area contributed by atoms with E-state index in [1.165, 1.54) is 23.1 Å². The van der Waals surface area contributed by atoms with Gasteiger partial charge in [0.05, 0.1) is 36.5 Å². The third kappa shape index (κ3) is 6.97. The summed E-state index contributed by atoms with van der Waals surface area (Å²) in [5, 5.41) is 35.6. The van der Waals surface area contributed by atoms with Crippen LogP contribution in [0.3, 0.4) is 0 Å². The number of halogens is 2. The van der Waals surface area contributed by atoms with Crippen molar-refractivity contribution in [2.45, 2.75) is 71.3 Å². The van der Waals surface area contributed by atoms with Gasteiger partial charge in [0.15, 0.2) is 0 Å². The van der Waals surface area contributed by atoms with E-state index in [-0.39, 0.29) is 42.6 Å². The summed E-state index contributed by atoms with van der Waals surface area (Å²) in [7, 11) is 0. The van der Waals surface area contributed by atoms with Gasteiger partial charge in [-0.2, -0.15) is 4.39 Å². The quantitative estimate of drug-likeness (QED) is 0.381. The van der Waals surface area contributed by atoms with Gasteiger partial charge in [0.2, 0.25) is 5.95 Å². The Bertz CT molecular complexity index is 1010. The molecule has 2 heterocycles. The van der Waals surface area contributed by atoms with Gasteiger partial charge in [-0.3, -0.25) is 4.79 Å². The fourth-order valence-corrected chi connectivity index (χ4v) is 4.17. The third-order valence-electron chi connectivity index (χ3n) is 5.99. The van der Waals surface area contributed by atoms with Crippen LogP contribution in [0.25, 0.3) is 0 Å². The first kappa shape index (κ1) is 29.6. The number of aromatic nitrogens is 1. The zero-order valence-electron chi connectivity index (χ0n) is 21.6. The van der Waals surface area contributed by atoms with Crippen LogP contribution < -0.4 is 10.6 Å². The maximum Gasteiger partial charge on any atom is 0.256 e. The first-order chi connectivity index (χ1) is 17.1. The number of hydrogen-bond donors (Lipinski definition) is 5. The van der Waals surface area contributed by atoms with E-state index in [0.29, 0.717) is 18.4 Å². The molecule has 1 aromatic carbocycles. The number of hydrogen-bond acceptors (Lipinski definition) is 7. The van der Waals surface area contributed by atoms with E-state index in [9.17, 15) is 28.9 Å². The third-order valence-corrected chi connectivity index (χ3v) is 5.99. The average molecular weight is 509 g/mol. The SMILES string of the molecule is CC.CC.Cc1ccc(Nc2c(C(=O)N3CC(O)(CNC4CC(O)C(O)C4)C3)ccnc2F)c(F)c1. The molecule has 0 radical (unpaired) electrons. The van der Waals surface area contributed by atoms with Crippen LogP contribution in [0, 0.1) is 18.7 Å². The van der Waals surface area contributed by atoms with Crippen LogP contribution in [0.1, 0.15) is 56.5 Å². The van der Waals surface area contributed by atoms with E-state index in [1.54, 1.807) is 13.0 Å². The van der Waals surface area contributed by atoms with Gasteiger partial charge >= 0.3 is 0 Å². The Morgan fingerprint density at radius 1 is 1.11 bits per heavy atom. The summed E-state index contributed by atoms with van der Waals surface area (Å²) >= 11 is 0. The number of nitrogens with one attached hydrogen (secondary N) is 2. The Morgan fingerprint density at radius 3 is 2.31 bits per heavy atom. The zero-order chi connectivity index (χ0) is 27.0. The monoisotopic (exact) mass is 508 g/mol. The lowest BCUT2D eigenvalue weighted by molar-refractivity contribution is -0.0798.